The highest BCUT2D eigenvalue weighted by Crippen LogP contribution is 2.27. The fourth-order valence-electron chi connectivity index (χ4n) is 1.65. The molecule has 0 bridgehead atoms. The summed E-state index contributed by atoms with van der Waals surface area (Å²) in [5.74, 6) is 0. The molecule has 1 aromatic heterocycles. The monoisotopic (exact) mass is 235 g/mol. The van der Waals surface area contributed by atoms with Crippen LogP contribution in [0.4, 0.5) is 0 Å². The molecule has 0 spiro atoms. The zero-order chi connectivity index (χ0) is 11.4. The maximum atomic E-state index is 6.02. The second kappa shape index (κ2) is 5.19. The van der Waals surface area contributed by atoms with Gasteiger partial charge in [-0.3, -0.25) is 0 Å². The summed E-state index contributed by atoms with van der Waals surface area (Å²) in [5, 5.41) is 4.06. The van der Waals surface area contributed by atoms with Crippen molar-refractivity contribution in [2.24, 2.45) is 0 Å². The lowest BCUT2D eigenvalue weighted by atomic mass is 10.0. The summed E-state index contributed by atoms with van der Waals surface area (Å²) in [6, 6.07) is 7.88. The highest BCUT2D eigenvalue weighted by atomic mass is 35.5. The van der Waals surface area contributed by atoms with Crippen LogP contribution in [0.25, 0.3) is 11.1 Å². The van der Waals surface area contributed by atoms with Crippen LogP contribution in [0.15, 0.2) is 41.2 Å². The van der Waals surface area contributed by atoms with E-state index in [4.69, 9.17) is 16.0 Å². The predicted octanol–water partition coefficient (Wildman–Crippen LogP) is 3.71. The van der Waals surface area contributed by atoms with Gasteiger partial charge in [0.25, 0.3) is 0 Å². The largest absolute Gasteiger partial charge is 0.472 e. The molecule has 3 heteroatoms. The first kappa shape index (κ1) is 11.2. The average Bonchev–Trinajstić information content (AvgIpc) is 2.80. The van der Waals surface area contributed by atoms with E-state index in [1.54, 1.807) is 12.5 Å². The van der Waals surface area contributed by atoms with E-state index in [1.165, 1.54) is 5.56 Å². The maximum Gasteiger partial charge on any atom is 0.0981 e. The molecule has 16 heavy (non-hydrogen) atoms. The van der Waals surface area contributed by atoms with Crippen molar-refractivity contribution in [1.82, 2.24) is 5.32 Å². The topological polar surface area (TPSA) is 25.2 Å². The predicted molar refractivity (Wildman–Crippen MR) is 66.5 cm³/mol. The number of benzene rings is 1. The van der Waals surface area contributed by atoms with Gasteiger partial charge < -0.3 is 9.73 Å². The Morgan fingerprint density at radius 2 is 2.19 bits per heavy atom. The average molecular weight is 236 g/mol. The van der Waals surface area contributed by atoms with E-state index < -0.39 is 0 Å². The van der Waals surface area contributed by atoms with Gasteiger partial charge in [0.15, 0.2) is 0 Å². The summed E-state index contributed by atoms with van der Waals surface area (Å²) in [6.45, 7) is 3.88. The maximum absolute atomic E-state index is 6.02. The van der Waals surface area contributed by atoms with Crippen molar-refractivity contribution in [2.45, 2.75) is 13.5 Å². The highest BCUT2D eigenvalue weighted by Gasteiger charge is 2.06. The van der Waals surface area contributed by atoms with Gasteiger partial charge in [0.2, 0.25) is 0 Å². The van der Waals surface area contributed by atoms with Crippen molar-refractivity contribution < 1.29 is 4.42 Å². The van der Waals surface area contributed by atoms with Crippen LogP contribution in [-0.4, -0.2) is 6.54 Å². The zero-order valence-electron chi connectivity index (χ0n) is 9.16. The third-order valence-corrected chi connectivity index (χ3v) is 2.70. The Morgan fingerprint density at radius 1 is 1.31 bits per heavy atom. The summed E-state index contributed by atoms with van der Waals surface area (Å²) in [5.41, 5.74) is 3.42. The fourth-order valence-corrected chi connectivity index (χ4v) is 1.82. The summed E-state index contributed by atoms with van der Waals surface area (Å²) >= 11 is 6.02. The molecule has 0 unspecified atom stereocenters. The van der Waals surface area contributed by atoms with Crippen LogP contribution < -0.4 is 5.32 Å². The number of nitrogens with one attached hydrogen (secondary N) is 1. The lowest BCUT2D eigenvalue weighted by Gasteiger charge is -2.08. The fraction of sp³-hybridized carbons (Fsp3) is 0.231. The summed E-state index contributed by atoms with van der Waals surface area (Å²) in [7, 11) is 0. The second-order valence-corrected chi connectivity index (χ2v) is 4.03. The molecule has 2 nitrogen and oxygen atoms in total. The van der Waals surface area contributed by atoms with Crippen LogP contribution in [0.2, 0.25) is 5.02 Å². The molecular weight excluding hydrogens is 222 g/mol. The van der Waals surface area contributed by atoms with Crippen molar-refractivity contribution in [1.29, 1.82) is 0 Å². The van der Waals surface area contributed by atoms with Gasteiger partial charge >= 0.3 is 0 Å². The van der Waals surface area contributed by atoms with E-state index >= 15 is 0 Å². The van der Waals surface area contributed by atoms with Crippen molar-refractivity contribution in [3.05, 3.63) is 47.4 Å². The minimum Gasteiger partial charge on any atom is -0.472 e. The van der Waals surface area contributed by atoms with Crippen LogP contribution in [-0.2, 0) is 6.54 Å². The van der Waals surface area contributed by atoms with E-state index in [1.807, 2.05) is 24.3 Å². The molecule has 0 amide bonds. The molecule has 84 valence electrons. The Bertz CT molecular complexity index is 451. The molecule has 1 heterocycles. The number of hydrogen-bond acceptors (Lipinski definition) is 2. The van der Waals surface area contributed by atoms with Crippen molar-refractivity contribution in [2.75, 3.05) is 6.54 Å². The lowest BCUT2D eigenvalue weighted by Crippen LogP contribution is -2.12. The molecule has 0 saturated carbocycles. The van der Waals surface area contributed by atoms with Gasteiger partial charge in [-0.1, -0.05) is 24.6 Å². The first-order valence-corrected chi connectivity index (χ1v) is 5.70. The number of furan rings is 1. The van der Waals surface area contributed by atoms with E-state index in [0.29, 0.717) is 0 Å². The second-order valence-electron chi connectivity index (χ2n) is 3.59. The van der Waals surface area contributed by atoms with Gasteiger partial charge in [0, 0.05) is 17.1 Å². The van der Waals surface area contributed by atoms with Crippen LogP contribution >= 0.6 is 11.6 Å². The molecule has 2 aromatic rings. The third kappa shape index (κ3) is 2.46. The molecule has 0 fully saturated rings. The molecule has 0 aliphatic heterocycles. The summed E-state index contributed by atoms with van der Waals surface area (Å²) < 4.78 is 5.10. The SMILES string of the molecule is CCNCc1ccc(Cl)cc1-c1ccoc1. The molecule has 0 saturated heterocycles. The number of rotatable bonds is 4. The normalized spacial score (nSPS) is 10.6. The smallest absolute Gasteiger partial charge is 0.0981 e. The van der Waals surface area contributed by atoms with E-state index in [2.05, 4.69) is 12.2 Å². The quantitative estimate of drug-likeness (QED) is 0.874. The molecule has 0 aliphatic carbocycles. The molecular formula is C13H14ClNO. The van der Waals surface area contributed by atoms with Crippen molar-refractivity contribution in [3.63, 3.8) is 0 Å². The molecule has 0 aliphatic rings. The Morgan fingerprint density at radius 3 is 2.88 bits per heavy atom. The van der Waals surface area contributed by atoms with Crippen LogP contribution in [0, 0.1) is 0 Å². The lowest BCUT2D eigenvalue weighted by molar-refractivity contribution is 0.568. The van der Waals surface area contributed by atoms with Gasteiger partial charge in [-0.25, -0.2) is 0 Å². The van der Waals surface area contributed by atoms with Gasteiger partial charge in [0.1, 0.15) is 0 Å². The Kier molecular flexibility index (Phi) is 3.65. The molecule has 0 atom stereocenters. The number of hydrogen-bond donors (Lipinski definition) is 1. The van der Waals surface area contributed by atoms with Gasteiger partial charge in [0.05, 0.1) is 12.5 Å². The molecule has 2 rings (SSSR count). The summed E-state index contributed by atoms with van der Waals surface area (Å²) in [6.07, 6.45) is 3.41. The van der Waals surface area contributed by atoms with E-state index in [-0.39, 0.29) is 0 Å². The first-order valence-electron chi connectivity index (χ1n) is 5.33. The third-order valence-electron chi connectivity index (χ3n) is 2.47. The van der Waals surface area contributed by atoms with Crippen molar-refractivity contribution in [3.8, 4) is 11.1 Å². The van der Waals surface area contributed by atoms with Crippen LogP contribution in [0.3, 0.4) is 0 Å². The van der Waals surface area contributed by atoms with Crippen LogP contribution in [0.5, 0.6) is 0 Å². The summed E-state index contributed by atoms with van der Waals surface area (Å²) in [4.78, 5) is 0. The minimum atomic E-state index is 0.747. The minimum absolute atomic E-state index is 0.747. The zero-order valence-corrected chi connectivity index (χ0v) is 9.92. The van der Waals surface area contributed by atoms with E-state index in [9.17, 15) is 0 Å². The van der Waals surface area contributed by atoms with Crippen molar-refractivity contribution >= 4 is 11.6 Å². The van der Waals surface area contributed by atoms with E-state index in [0.717, 1.165) is 29.2 Å². The Labute approximate surface area is 100 Å². The first-order chi connectivity index (χ1) is 7.81. The van der Waals surface area contributed by atoms with Crippen LogP contribution in [0.1, 0.15) is 12.5 Å². The molecule has 1 aromatic carbocycles. The Hall–Kier alpha value is -1.25. The van der Waals surface area contributed by atoms with Gasteiger partial charge in [-0.2, -0.15) is 0 Å². The standard InChI is InChI=1S/C13H14ClNO/c1-2-15-8-10-3-4-12(14)7-13(10)11-5-6-16-9-11/h3-7,9,15H,2,8H2,1H3. The highest BCUT2D eigenvalue weighted by molar-refractivity contribution is 6.30. The molecule has 0 radical (unpaired) electrons. The Balaban J connectivity index is 2.37. The number of halogens is 1. The van der Waals surface area contributed by atoms with Gasteiger partial charge in [-0.15, -0.1) is 0 Å². The van der Waals surface area contributed by atoms with Gasteiger partial charge in [-0.05, 0) is 35.9 Å². The molecule has 1 N–H and O–H groups in total.